The number of anilines is 1. The second kappa shape index (κ2) is 11.5. The van der Waals surface area contributed by atoms with Gasteiger partial charge in [0.15, 0.2) is 11.5 Å². The van der Waals surface area contributed by atoms with Crippen LogP contribution in [0.3, 0.4) is 0 Å². The van der Waals surface area contributed by atoms with Crippen LogP contribution in [0.1, 0.15) is 66.7 Å². The summed E-state index contributed by atoms with van der Waals surface area (Å²) in [5, 5.41) is 21.8. The Bertz CT molecular complexity index is 1080. The summed E-state index contributed by atoms with van der Waals surface area (Å²) in [7, 11) is 0. The van der Waals surface area contributed by atoms with Crippen LogP contribution in [0.4, 0.5) is 5.82 Å². The van der Waals surface area contributed by atoms with Gasteiger partial charge in [0.05, 0.1) is 12.4 Å². The number of unbranched alkanes of at least 4 members (excludes halogenated alkanes) is 1. The lowest BCUT2D eigenvalue weighted by Crippen LogP contribution is -2.23. The first kappa shape index (κ1) is 23.5. The maximum Gasteiger partial charge on any atom is 0.273 e. The van der Waals surface area contributed by atoms with Gasteiger partial charge in [0.25, 0.3) is 5.91 Å². The molecular formula is C23H31N9O2. The van der Waals surface area contributed by atoms with Crippen molar-refractivity contribution < 1.29 is 9.59 Å². The van der Waals surface area contributed by atoms with Crippen molar-refractivity contribution in [1.29, 1.82) is 0 Å². The van der Waals surface area contributed by atoms with E-state index >= 15 is 0 Å². The monoisotopic (exact) mass is 465 g/mol. The van der Waals surface area contributed by atoms with Crippen LogP contribution in [0.2, 0.25) is 0 Å². The Morgan fingerprint density at radius 3 is 2.50 bits per heavy atom. The molecule has 0 atom stereocenters. The number of pyridine rings is 1. The van der Waals surface area contributed by atoms with Gasteiger partial charge in [0.2, 0.25) is 5.91 Å². The van der Waals surface area contributed by atoms with E-state index in [1.54, 1.807) is 28.0 Å². The van der Waals surface area contributed by atoms with E-state index in [0.717, 1.165) is 36.9 Å². The number of hydrogen-bond donors (Lipinski definition) is 2. The average Bonchev–Trinajstić information content (AvgIpc) is 3.59. The van der Waals surface area contributed by atoms with Crippen LogP contribution in [0, 0.1) is 12.8 Å². The van der Waals surface area contributed by atoms with E-state index in [1.807, 2.05) is 19.1 Å². The van der Waals surface area contributed by atoms with Gasteiger partial charge in [-0.2, -0.15) is 0 Å². The van der Waals surface area contributed by atoms with E-state index < -0.39 is 0 Å². The number of rotatable bonds is 11. The second-order valence-electron chi connectivity index (χ2n) is 8.83. The van der Waals surface area contributed by atoms with E-state index in [-0.39, 0.29) is 17.5 Å². The predicted octanol–water partition coefficient (Wildman–Crippen LogP) is 2.50. The quantitative estimate of drug-likeness (QED) is 0.416. The first-order valence-corrected chi connectivity index (χ1v) is 11.8. The number of carbonyl (C=O) groups excluding carboxylic acids is 2. The van der Waals surface area contributed by atoms with Crippen molar-refractivity contribution in [2.75, 3.05) is 5.32 Å². The third kappa shape index (κ3) is 6.93. The highest BCUT2D eigenvalue weighted by atomic mass is 16.2. The lowest BCUT2D eigenvalue weighted by molar-refractivity contribution is -0.117. The molecule has 4 rings (SSSR count). The molecule has 3 aromatic rings. The molecule has 0 aromatic carbocycles. The van der Waals surface area contributed by atoms with Crippen LogP contribution in [0.15, 0.2) is 30.7 Å². The third-order valence-electron chi connectivity index (χ3n) is 5.98. The number of carbonyl (C=O) groups is 2. The van der Waals surface area contributed by atoms with Crippen molar-refractivity contribution in [2.24, 2.45) is 5.92 Å². The molecule has 1 aliphatic rings. The van der Waals surface area contributed by atoms with Crippen LogP contribution >= 0.6 is 0 Å². The molecule has 1 fully saturated rings. The molecule has 2 amide bonds. The minimum Gasteiger partial charge on any atom is -0.346 e. The van der Waals surface area contributed by atoms with Crippen molar-refractivity contribution in [1.82, 2.24) is 40.3 Å². The molecule has 0 spiro atoms. The zero-order valence-electron chi connectivity index (χ0n) is 19.5. The average molecular weight is 466 g/mol. The van der Waals surface area contributed by atoms with Crippen LogP contribution in [0.25, 0.3) is 0 Å². The highest BCUT2D eigenvalue weighted by Gasteiger charge is 2.19. The SMILES string of the molecule is Cc1ccc(CNC(=O)c2cn(CCCCn3cc(NC(=O)CC4CCCC4)nn3)nn2)cn1. The molecule has 34 heavy (non-hydrogen) atoms. The summed E-state index contributed by atoms with van der Waals surface area (Å²) < 4.78 is 3.39. The number of nitrogens with one attached hydrogen (secondary N) is 2. The molecule has 11 heteroatoms. The van der Waals surface area contributed by atoms with Crippen molar-refractivity contribution >= 4 is 17.6 Å². The number of aryl methyl sites for hydroxylation is 3. The fourth-order valence-electron chi connectivity index (χ4n) is 4.07. The lowest BCUT2D eigenvalue weighted by atomic mass is 10.0. The predicted molar refractivity (Wildman–Crippen MR) is 125 cm³/mol. The summed E-state index contributed by atoms with van der Waals surface area (Å²) >= 11 is 0. The minimum atomic E-state index is -0.267. The zero-order valence-corrected chi connectivity index (χ0v) is 19.5. The summed E-state index contributed by atoms with van der Waals surface area (Å²) in [6.45, 7) is 3.63. The Balaban J connectivity index is 1.14. The topological polar surface area (TPSA) is 133 Å². The Morgan fingerprint density at radius 2 is 1.76 bits per heavy atom. The zero-order chi connectivity index (χ0) is 23.8. The van der Waals surface area contributed by atoms with Gasteiger partial charge in [-0.05, 0) is 50.2 Å². The highest BCUT2D eigenvalue weighted by molar-refractivity contribution is 5.91. The largest absolute Gasteiger partial charge is 0.346 e. The number of amides is 2. The van der Waals surface area contributed by atoms with Crippen LogP contribution < -0.4 is 10.6 Å². The van der Waals surface area contributed by atoms with Crippen molar-refractivity contribution in [3.63, 3.8) is 0 Å². The number of hydrogen-bond acceptors (Lipinski definition) is 7. The molecule has 2 N–H and O–H groups in total. The normalized spacial score (nSPS) is 13.8. The van der Waals surface area contributed by atoms with Gasteiger partial charge in [-0.15, -0.1) is 10.2 Å². The van der Waals surface area contributed by atoms with Gasteiger partial charge in [-0.1, -0.05) is 29.3 Å². The van der Waals surface area contributed by atoms with Gasteiger partial charge < -0.3 is 10.6 Å². The molecule has 11 nitrogen and oxygen atoms in total. The summed E-state index contributed by atoms with van der Waals surface area (Å²) in [4.78, 5) is 28.6. The Morgan fingerprint density at radius 1 is 1.03 bits per heavy atom. The molecule has 1 aliphatic carbocycles. The van der Waals surface area contributed by atoms with Crippen LogP contribution in [0.5, 0.6) is 0 Å². The summed E-state index contributed by atoms with van der Waals surface area (Å²) in [6, 6.07) is 3.84. The molecule has 0 radical (unpaired) electrons. The van der Waals surface area contributed by atoms with Gasteiger partial charge in [-0.25, -0.2) is 0 Å². The first-order valence-electron chi connectivity index (χ1n) is 11.8. The van der Waals surface area contributed by atoms with Crippen molar-refractivity contribution in [3.8, 4) is 0 Å². The van der Waals surface area contributed by atoms with Gasteiger partial charge >= 0.3 is 0 Å². The van der Waals surface area contributed by atoms with E-state index in [2.05, 4.69) is 36.2 Å². The van der Waals surface area contributed by atoms with Crippen LogP contribution in [-0.4, -0.2) is 46.8 Å². The smallest absolute Gasteiger partial charge is 0.273 e. The summed E-state index contributed by atoms with van der Waals surface area (Å²) in [6.07, 6.45) is 12.1. The van der Waals surface area contributed by atoms with E-state index in [4.69, 9.17) is 0 Å². The van der Waals surface area contributed by atoms with Gasteiger partial charge in [-0.3, -0.25) is 23.9 Å². The number of nitrogens with zero attached hydrogens (tertiary/aromatic N) is 7. The molecule has 0 bridgehead atoms. The summed E-state index contributed by atoms with van der Waals surface area (Å²) in [5.41, 5.74) is 2.15. The minimum absolute atomic E-state index is 0.0144. The Labute approximate surface area is 198 Å². The van der Waals surface area contributed by atoms with E-state index in [0.29, 0.717) is 37.8 Å². The van der Waals surface area contributed by atoms with Gasteiger partial charge in [0.1, 0.15) is 0 Å². The Kier molecular flexibility index (Phi) is 7.95. The molecule has 3 heterocycles. The molecule has 180 valence electrons. The lowest BCUT2D eigenvalue weighted by Gasteiger charge is -2.07. The second-order valence-corrected chi connectivity index (χ2v) is 8.83. The van der Waals surface area contributed by atoms with Crippen molar-refractivity contribution in [3.05, 3.63) is 47.7 Å². The fourth-order valence-corrected chi connectivity index (χ4v) is 4.07. The molecule has 1 saturated carbocycles. The van der Waals surface area contributed by atoms with Crippen molar-refractivity contribution in [2.45, 2.75) is 71.5 Å². The van der Waals surface area contributed by atoms with Crippen LogP contribution in [-0.2, 0) is 24.4 Å². The van der Waals surface area contributed by atoms with Gasteiger partial charge in [0, 0.05) is 37.9 Å². The molecule has 0 saturated heterocycles. The fraction of sp³-hybridized carbons (Fsp3) is 0.522. The highest BCUT2D eigenvalue weighted by Crippen LogP contribution is 2.27. The summed E-state index contributed by atoms with van der Waals surface area (Å²) in [5.74, 6) is 0.748. The Hall–Kier alpha value is -3.63. The molecule has 0 unspecified atom stereocenters. The standard InChI is InChI=1S/C23H31N9O2/c1-17-8-9-19(13-24-17)14-25-23(34)20-15-31(29-27-20)10-4-5-11-32-16-21(28-30-32)26-22(33)12-18-6-2-3-7-18/h8-9,13,15-16,18H,2-7,10-12,14H2,1H3,(H,25,34)(H,26,33). The third-order valence-corrected chi connectivity index (χ3v) is 5.98. The maximum absolute atomic E-state index is 12.3. The molecular weight excluding hydrogens is 434 g/mol. The molecule has 0 aliphatic heterocycles. The van der Waals surface area contributed by atoms with E-state index in [1.165, 1.54) is 12.8 Å². The first-order chi connectivity index (χ1) is 16.5. The molecule has 3 aromatic heterocycles. The number of aromatic nitrogens is 7. The maximum atomic E-state index is 12.3. The van der Waals surface area contributed by atoms with E-state index in [9.17, 15) is 9.59 Å².